The van der Waals surface area contributed by atoms with Crippen molar-refractivity contribution in [3.05, 3.63) is 53.0 Å². The molecular weight excluding hydrogens is 318 g/mol. The first-order valence-corrected chi connectivity index (χ1v) is 7.25. The highest BCUT2D eigenvalue weighted by Gasteiger charge is 2.08. The summed E-state index contributed by atoms with van der Waals surface area (Å²) in [6.07, 6.45) is 1.55. The fourth-order valence-corrected chi connectivity index (χ4v) is 2.74. The van der Waals surface area contributed by atoms with Crippen LogP contribution in [0.1, 0.15) is 12.7 Å². The van der Waals surface area contributed by atoms with Crippen LogP contribution in [0.4, 0.5) is 0 Å². The molecule has 0 fully saturated rings. The van der Waals surface area contributed by atoms with Gasteiger partial charge in [0.05, 0.1) is 4.47 Å². The molecule has 0 N–H and O–H groups in total. The molecule has 4 nitrogen and oxygen atoms in total. The van der Waals surface area contributed by atoms with Crippen molar-refractivity contribution in [3.8, 4) is 5.75 Å². The molecule has 102 valence electrons. The Balaban J connectivity index is 1.86. The minimum atomic E-state index is 0.408. The lowest BCUT2D eigenvalue weighted by Gasteiger charge is -2.10. The largest absolute Gasteiger partial charge is 0.484 e. The first-order chi connectivity index (χ1) is 9.79. The Morgan fingerprint density at radius 3 is 2.90 bits per heavy atom. The molecule has 3 rings (SSSR count). The summed E-state index contributed by atoms with van der Waals surface area (Å²) in [7, 11) is 0. The van der Waals surface area contributed by atoms with Crippen LogP contribution in [0.25, 0.3) is 10.8 Å². The van der Waals surface area contributed by atoms with E-state index >= 15 is 0 Å². The van der Waals surface area contributed by atoms with Crippen molar-refractivity contribution in [3.63, 3.8) is 0 Å². The van der Waals surface area contributed by atoms with Crippen molar-refractivity contribution in [2.45, 2.75) is 20.1 Å². The van der Waals surface area contributed by atoms with Crippen LogP contribution >= 0.6 is 15.9 Å². The molecular formula is C15H14BrN3O. The molecule has 0 saturated carbocycles. The van der Waals surface area contributed by atoms with E-state index in [0.717, 1.165) is 28.0 Å². The van der Waals surface area contributed by atoms with Crippen molar-refractivity contribution < 1.29 is 4.74 Å². The first-order valence-electron chi connectivity index (χ1n) is 6.46. The van der Waals surface area contributed by atoms with Gasteiger partial charge in [-0.1, -0.05) is 30.3 Å². The third-order valence-electron chi connectivity index (χ3n) is 3.18. The van der Waals surface area contributed by atoms with E-state index in [4.69, 9.17) is 4.74 Å². The Morgan fingerprint density at radius 2 is 2.05 bits per heavy atom. The van der Waals surface area contributed by atoms with Gasteiger partial charge in [-0.3, -0.25) is 0 Å². The average Bonchev–Trinajstić information content (AvgIpc) is 2.94. The molecule has 1 aromatic heterocycles. The Labute approximate surface area is 125 Å². The zero-order valence-electron chi connectivity index (χ0n) is 11.1. The maximum atomic E-state index is 5.86. The molecule has 0 aliphatic rings. The van der Waals surface area contributed by atoms with Crippen LogP contribution in [-0.4, -0.2) is 14.8 Å². The third-order valence-corrected chi connectivity index (χ3v) is 4.00. The second-order valence-electron chi connectivity index (χ2n) is 4.38. The Bertz CT molecular complexity index is 739. The number of rotatable bonds is 4. The molecule has 0 aliphatic heterocycles. The smallest absolute Gasteiger partial charge is 0.164 e. The molecule has 0 radical (unpaired) electrons. The fraction of sp³-hybridized carbons (Fsp3) is 0.200. The quantitative estimate of drug-likeness (QED) is 0.730. The van der Waals surface area contributed by atoms with Gasteiger partial charge < -0.3 is 4.74 Å². The van der Waals surface area contributed by atoms with E-state index < -0.39 is 0 Å². The highest BCUT2D eigenvalue weighted by molar-refractivity contribution is 9.10. The van der Waals surface area contributed by atoms with Gasteiger partial charge in [-0.05, 0) is 39.7 Å². The number of hydrogen-bond acceptors (Lipinski definition) is 3. The van der Waals surface area contributed by atoms with E-state index in [-0.39, 0.29) is 0 Å². The number of ether oxygens (including phenoxy) is 1. The lowest BCUT2D eigenvalue weighted by atomic mass is 10.1. The monoisotopic (exact) mass is 331 g/mol. The van der Waals surface area contributed by atoms with E-state index in [2.05, 4.69) is 44.2 Å². The molecule has 0 bridgehead atoms. The minimum Gasteiger partial charge on any atom is -0.484 e. The Hall–Kier alpha value is -1.88. The number of halogens is 1. The molecule has 0 amide bonds. The van der Waals surface area contributed by atoms with E-state index in [1.54, 1.807) is 6.33 Å². The highest BCUT2D eigenvalue weighted by atomic mass is 79.9. The number of nitrogens with zero attached hydrogens (tertiary/aromatic N) is 3. The van der Waals surface area contributed by atoms with Crippen molar-refractivity contribution in [2.24, 2.45) is 0 Å². The Morgan fingerprint density at radius 1 is 1.20 bits per heavy atom. The number of fused-ring (bicyclic) bond motifs is 1. The zero-order chi connectivity index (χ0) is 13.9. The van der Waals surface area contributed by atoms with Gasteiger partial charge in [0, 0.05) is 6.54 Å². The van der Waals surface area contributed by atoms with Crippen molar-refractivity contribution in [1.82, 2.24) is 14.8 Å². The third kappa shape index (κ3) is 2.41. The van der Waals surface area contributed by atoms with Crippen LogP contribution in [-0.2, 0) is 13.2 Å². The summed E-state index contributed by atoms with van der Waals surface area (Å²) in [4.78, 5) is 4.21. The predicted octanol–water partition coefficient (Wildman–Crippen LogP) is 3.79. The maximum absolute atomic E-state index is 5.86. The summed E-state index contributed by atoms with van der Waals surface area (Å²) < 4.78 is 8.66. The van der Waals surface area contributed by atoms with Crippen LogP contribution < -0.4 is 4.74 Å². The van der Waals surface area contributed by atoms with Crippen molar-refractivity contribution in [2.75, 3.05) is 0 Å². The maximum Gasteiger partial charge on any atom is 0.164 e. The van der Waals surface area contributed by atoms with E-state index in [9.17, 15) is 0 Å². The standard InChI is InChI=1S/C15H14BrN3O/c1-2-19-14(17-10-18-19)9-20-13-8-7-11-5-3-4-6-12(11)15(13)16/h3-8,10H,2,9H2,1H3. The van der Waals surface area contributed by atoms with Gasteiger partial charge in [-0.2, -0.15) is 5.10 Å². The molecule has 0 spiro atoms. The van der Waals surface area contributed by atoms with Gasteiger partial charge in [0.15, 0.2) is 5.82 Å². The van der Waals surface area contributed by atoms with Gasteiger partial charge in [0.25, 0.3) is 0 Å². The number of hydrogen-bond donors (Lipinski definition) is 0. The number of aromatic nitrogens is 3. The van der Waals surface area contributed by atoms with Crippen LogP contribution in [0.2, 0.25) is 0 Å². The normalized spacial score (nSPS) is 10.9. The molecule has 5 heteroatoms. The lowest BCUT2D eigenvalue weighted by Crippen LogP contribution is -2.07. The molecule has 0 aliphatic carbocycles. The van der Waals surface area contributed by atoms with Gasteiger partial charge >= 0.3 is 0 Å². The van der Waals surface area contributed by atoms with E-state index in [1.807, 2.05) is 29.8 Å². The average molecular weight is 332 g/mol. The van der Waals surface area contributed by atoms with Gasteiger partial charge in [-0.25, -0.2) is 9.67 Å². The molecule has 1 heterocycles. The van der Waals surface area contributed by atoms with E-state index in [1.165, 1.54) is 5.39 Å². The summed E-state index contributed by atoms with van der Waals surface area (Å²) in [6.45, 7) is 3.23. The molecule has 20 heavy (non-hydrogen) atoms. The van der Waals surface area contributed by atoms with Gasteiger partial charge in [0.2, 0.25) is 0 Å². The van der Waals surface area contributed by atoms with E-state index in [0.29, 0.717) is 6.61 Å². The van der Waals surface area contributed by atoms with Crippen LogP contribution in [0.3, 0.4) is 0 Å². The van der Waals surface area contributed by atoms with Crippen molar-refractivity contribution in [1.29, 1.82) is 0 Å². The summed E-state index contributed by atoms with van der Waals surface area (Å²) in [5, 5.41) is 6.46. The second kappa shape index (κ2) is 5.63. The summed E-state index contributed by atoms with van der Waals surface area (Å²) in [5.74, 6) is 1.64. The summed E-state index contributed by atoms with van der Waals surface area (Å²) in [5.41, 5.74) is 0. The first kappa shape index (κ1) is 13.1. The second-order valence-corrected chi connectivity index (χ2v) is 5.17. The number of aryl methyl sites for hydroxylation is 1. The predicted molar refractivity (Wildman–Crippen MR) is 81.7 cm³/mol. The zero-order valence-corrected chi connectivity index (χ0v) is 12.7. The molecule has 0 saturated heterocycles. The molecule has 0 atom stereocenters. The van der Waals surface area contributed by atoms with Crippen molar-refractivity contribution >= 4 is 26.7 Å². The number of benzene rings is 2. The summed E-state index contributed by atoms with van der Waals surface area (Å²) in [6, 6.07) is 12.2. The summed E-state index contributed by atoms with van der Waals surface area (Å²) >= 11 is 3.61. The van der Waals surface area contributed by atoms with Crippen LogP contribution in [0.5, 0.6) is 5.75 Å². The molecule has 2 aromatic carbocycles. The van der Waals surface area contributed by atoms with Gasteiger partial charge in [0.1, 0.15) is 18.7 Å². The highest BCUT2D eigenvalue weighted by Crippen LogP contribution is 2.33. The van der Waals surface area contributed by atoms with Crippen LogP contribution in [0, 0.1) is 0 Å². The minimum absolute atomic E-state index is 0.408. The van der Waals surface area contributed by atoms with Crippen LogP contribution in [0.15, 0.2) is 47.2 Å². The SMILES string of the molecule is CCn1ncnc1COc1ccc2ccccc2c1Br. The Kier molecular flexibility index (Phi) is 3.69. The molecule has 3 aromatic rings. The van der Waals surface area contributed by atoms with Gasteiger partial charge in [-0.15, -0.1) is 0 Å². The lowest BCUT2D eigenvalue weighted by molar-refractivity contribution is 0.286. The fourth-order valence-electron chi connectivity index (χ4n) is 2.13. The topological polar surface area (TPSA) is 39.9 Å². The molecule has 0 unspecified atom stereocenters.